The Morgan fingerprint density at radius 2 is 0.600 bits per heavy atom. The Bertz CT molecular complexity index is 492. The zero-order valence-electron chi connectivity index (χ0n) is 29.1. The minimum absolute atomic E-state index is 1.22. The van der Waals surface area contributed by atoms with Crippen LogP contribution in [0.1, 0.15) is 196 Å². The lowest BCUT2D eigenvalue weighted by Crippen LogP contribution is -2.51. The summed E-state index contributed by atoms with van der Waals surface area (Å²) in [5.74, 6) is 1.60. The monoisotopic (exact) mass is 565 g/mol. The highest BCUT2D eigenvalue weighted by Gasteiger charge is 2.28. The van der Waals surface area contributed by atoms with E-state index < -0.39 is 0 Å². The molecule has 0 aromatic rings. The van der Waals surface area contributed by atoms with Crippen LogP contribution >= 0.6 is 0 Å². The van der Waals surface area contributed by atoms with Gasteiger partial charge in [-0.25, -0.2) is 0 Å². The first-order valence-electron chi connectivity index (χ1n) is 18.8. The zero-order chi connectivity index (χ0) is 29.5. The maximum absolute atomic E-state index is 2.85. The van der Waals surface area contributed by atoms with E-state index >= 15 is 0 Å². The van der Waals surface area contributed by atoms with E-state index in [4.69, 9.17) is 0 Å². The number of hydrogen-bond acceptors (Lipinski definition) is 0. The van der Waals surface area contributed by atoms with Crippen molar-refractivity contribution >= 4 is 5.96 Å². The van der Waals surface area contributed by atoms with Crippen molar-refractivity contribution in [2.75, 3.05) is 39.3 Å². The average molecular weight is 565 g/mol. The van der Waals surface area contributed by atoms with Crippen LogP contribution in [0.5, 0.6) is 0 Å². The molecule has 40 heavy (non-hydrogen) atoms. The molecule has 3 heteroatoms. The number of hydrogen-bond donors (Lipinski definition) is 0. The van der Waals surface area contributed by atoms with Gasteiger partial charge in [-0.1, -0.05) is 157 Å². The largest absolute Gasteiger partial charge is 0.350 e. The van der Waals surface area contributed by atoms with Gasteiger partial charge < -0.3 is 0 Å². The third kappa shape index (κ3) is 21.9. The normalized spacial score (nSPS) is 11.2. The second-order valence-electron chi connectivity index (χ2n) is 12.6. The standard InChI is InChI=1S/C37H78N3/c1-7-13-19-20-21-22-23-24-25-26-27-28-29-30-36-40(35-18-12-6)37(38(31-14-8-2)32-15-9-3)39(33-16-10-4)34-17-11-5/h7-36H2,1-6H3/q+1. The molecule has 0 bridgehead atoms. The van der Waals surface area contributed by atoms with Gasteiger partial charge in [-0.2, -0.15) is 0 Å². The van der Waals surface area contributed by atoms with E-state index in [1.165, 1.54) is 193 Å². The van der Waals surface area contributed by atoms with Crippen LogP contribution in [-0.4, -0.2) is 59.6 Å². The second kappa shape index (κ2) is 31.2. The van der Waals surface area contributed by atoms with E-state index in [-0.39, 0.29) is 0 Å². The van der Waals surface area contributed by atoms with Gasteiger partial charge in [0.25, 0.3) is 0 Å². The van der Waals surface area contributed by atoms with Gasteiger partial charge in [-0.05, 0) is 38.5 Å². The number of rotatable bonds is 30. The molecule has 0 fully saturated rings. The molecule has 0 aliphatic carbocycles. The zero-order valence-corrected chi connectivity index (χ0v) is 29.1. The van der Waals surface area contributed by atoms with Crippen molar-refractivity contribution in [1.82, 2.24) is 9.80 Å². The molecule has 0 N–H and O–H groups in total. The molecular formula is C37H78N3+. The Kier molecular flexibility index (Phi) is 30.6. The Labute approximate surface area is 255 Å². The minimum Gasteiger partial charge on any atom is -0.265 e. The first-order chi connectivity index (χ1) is 19.7. The number of guanidine groups is 1. The average Bonchev–Trinajstić information content (AvgIpc) is 2.97. The molecule has 0 radical (unpaired) electrons. The Balaban J connectivity index is 5.11. The molecule has 0 rings (SSSR count). The SMILES string of the molecule is CCCCCCCCCCCCCCCC[N+](CCCC)=C(N(CCCC)CCCC)N(CCCC)CCCC. The molecule has 0 unspecified atom stereocenters. The van der Waals surface area contributed by atoms with Crippen molar-refractivity contribution in [3.05, 3.63) is 0 Å². The van der Waals surface area contributed by atoms with Crippen molar-refractivity contribution in [3.63, 3.8) is 0 Å². The Morgan fingerprint density at radius 1 is 0.325 bits per heavy atom. The summed E-state index contributed by atoms with van der Waals surface area (Å²) in [6.07, 6.45) is 33.1. The summed E-state index contributed by atoms with van der Waals surface area (Å²) >= 11 is 0. The summed E-state index contributed by atoms with van der Waals surface area (Å²) < 4.78 is 2.85. The topological polar surface area (TPSA) is 9.49 Å². The summed E-state index contributed by atoms with van der Waals surface area (Å²) in [6, 6.07) is 0. The minimum atomic E-state index is 1.22. The lowest BCUT2D eigenvalue weighted by atomic mass is 10.0. The molecule has 0 heterocycles. The molecule has 240 valence electrons. The van der Waals surface area contributed by atoms with Gasteiger partial charge in [-0.3, -0.25) is 14.4 Å². The van der Waals surface area contributed by atoms with Crippen LogP contribution in [0, 0.1) is 0 Å². The number of nitrogens with zero attached hydrogens (tertiary/aromatic N) is 3. The molecule has 0 spiro atoms. The van der Waals surface area contributed by atoms with Gasteiger partial charge in [0.2, 0.25) is 0 Å². The van der Waals surface area contributed by atoms with E-state index in [9.17, 15) is 0 Å². The summed E-state index contributed by atoms with van der Waals surface area (Å²) in [5, 5.41) is 0. The summed E-state index contributed by atoms with van der Waals surface area (Å²) in [7, 11) is 0. The summed E-state index contributed by atoms with van der Waals surface area (Å²) in [5.41, 5.74) is 0. The molecular weight excluding hydrogens is 486 g/mol. The Morgan fingerprint density at radius 3 is 0.925 bits per heavy atom. The smallest absolute Gasteiger partial charge is 0.265 e. The fourth-order valence-corrected chi connectivity index (χ4v) is 5.78. The highest BCUT2D eigenvalue weighted by Crippen LogP contribution is 2.14. The van der Waals surface area contributed by atoms with Gasteiger partial charge >= 0.3 is 5.96 Å². The molecule has 0 saturated carbocycles. The lowest BCUT2D eigenvalue weighted by Gasteiger charge is -2.31. The van der Waals surface area contributed by atoms with Crippen molar-refractivity contribution in [2.45, 2.75) is 196 Å². The van der Waals surface area contributed by atoms with Crippen molar-refractivity contribution in [2.24, 2.45) is 0 Å². The van der Waals surface area contributed by atoms with Crippen LogP contribution < -0.4 is 0 Å². The molecule has 0 aliphatic rings. The first-order valence-corrected chi connectivity index (χ1v) is 18.8. The maximum Gasteiger partial charge on any atom is 0.350 e. The maximum atomic E-state index is 2.85. The quantitative estimate of drug-likeness (QED) is 0.0371. The van der Waals surface area contributed by atoms with Gasteiger partial charge in [-0.15, -0.1) is 0 Å². The van der Waals surface area contributed by atoms with E-state index in [1.807, 2.05) is 0 Å². The molecule has 3 nitrogen and oxygen atoms in total. The van der Waals surface area contributed by atoms with E-state index in [0.717, 1.165) is 0 Å². The fourth-order valence-electron chi connectivity index (χ4n) is 5.78. The molecule has 0 atom stereocenters. The highest BCUT2D eigenvalue weighted by atomic mass is 15.4. The van der Waals surface area contributed by atoms with Crippen molar-refractivity contribution < 1.29 is 4.58 Å². The first kappa shape index (κ1) is 39.3. The van der Waals surface area contributed by atoms with E-state index in [1.54, 1.807) is 5.96 Å². The van der Waals surface area contributed by atoms with E-state index in [0.29, 0.717) is 0 Å². The Hall–Kier alpha value is -0.730. The third-order valence-corrected chi connectivity index (χ3v) is 8.54. The van der Waals surface area contributed by atoms with Crippen molar-refractivity contribution in [3.8, 4) is 0 Å². The van der Waals surface area contributed by atoms with Crippen LogP contribution in [0.4, 0.5) is 0 Å². The molecule has 0 amide bonds. The summed E-state index contributed by atoms with van der Waals surface area (Å²) in [6.45, 7) is 21.5. The molecule has 0 saturated heterocycles. The molecule has 0 aromatic carbocycles. The van der Waals surface area contributed by atoms with Crippen molar-refractivity contribution in [1.29, 1.82) is 0 Å². The highest BCUT2D eigenvalue weighted by molar-refractivity contribution is 5.75. The van der Waals surface area contributed by atoms with Gasteiger partial charge in [0.1, 0.15) is 0 Å². The molecule has 0 aromatic heterocycles. The number of unbranched alkanes of at least 4 members (excludes halogenated alkanes) is 18. The van der Waals surface area contributed by atoms with E-state index in [2.05, 4.69) is 55.9 Å². The summed E-state index contributed by atoms with van der Waals surface area (Å²) in [4.78, 5) is 5.63. The van der Waals surface area contributed by atoms with Crippen LogP contribution in [0.25, 0.3) is 0 Å². The predicted octanol–water partition coefficient (Wildman–Crippen LogP) is 11.4. The van der Waals surface area contributed by atoms with Crippen LogP contribution in [0.3, 0.4) is 0 Å². The fraction of sp³-hybridized carbons (Fsp3) is 0.973. The van der Waals surface area contributed by atoms with Gasteiger partial charge in [0.15, 0.2) is 0 Å². The molecule has 0 aliphatic heterocycles. The predicted molar refractivity (Wildman–Crippen MR) is 183 cm³/mol. The van der Waals surface area contributed by atoms with Crippen LogP contribution in [0.15, 0.2) is 0 Å². The van der Waals surface area contributed by atoms with Gasteiger partial charge in [0.05, 0.1) is 39.3 Å². The van der Waals surface area contributed by atoms with Gasteiger partial charge in [0, 0.05) is 0 Å². The second-order valence-corrected chi connectivity index (χ2v) is 12.6. The lowest BCUT2D eigenvalue weighted by molar-refractivity contribution is -0.539. The van der Waals surface area contributed by atoms with Crippen LogP contribution in [-0.2, 0) is 0 Å². The third-order valence-electron chi connectivity index (χ3n) is 8.54. The van der Waals surface area contributed by atoms with Crippen LogP contribution in [0.2, 0.25) is 0 Å².